The lowest BCUT2D eigenvalue weighted by Gasteiger charge is -2.27. The molecular formula is C22H30N4O4S. The second-order valence-corrected chi connectivity index (χ2v) is 9.55. The summed E-state index contributed by atoms with van der Waals surface area (Å²) in [6, 6.07) is 13.7. The smallest absolute Gasteiger partial charge is 0.269 e. The maximum absolute atomic E-state index is 12.6. The van der Waals surface area contributed by atoms with Crippen LogP contribution in [0.4, 0.5) is 5.69 Å². The van der Waals surface area contributed by atoms with Crippen molar-refractivity contribution in [1.29, 1.82) is 0 Å². The Bertz CT molecular complexity index is 1000. The van der Waals surface area contributed by atoms with Crippen molar-refractivity contribution in [2.45, 2.75) is 38.6 Å². The zero-order valence-electron chi connectivity index (χ0n) is 18.5. The number of anilines is 1. The first-order valence-electron chi connectivity index (χ1n) is 10.0. The SMILES string of the molecule is CCN(c1ccc(C(=O)NNC(=O)CN(C)S(=O)(=O)c2ccc(C)cc2)cc1)C(C)C. The van der Waals surface area contributed by atoms with Gasteiger partial charge in [0.1, 0.15) is 0 Å². The number of likely N-dealkylation sites (N-methyl/N-ethyl adjacent to an activating group) is 1. The molecule has 0 atom stereocenters. The summed E-state index contributed by atoms with van der Waals surface area (Å²) in [4.78, 5) is 26.7. The third-order valence-corrected chi connectivity index (χ3v) is 6.65. The van der Waals surface area contributed by atoms with Crippen LogP contribution in [0.2, 0.25) is 0 Å². The fourth-order valence-electron chi connectivity index (χ4n) is 3.07. The lowest BCUT2D eigenvalue weighted by atomic mass is 10.1. The molecule has 0 radical (unpaired) electrons. The van der Waals surface area contributed by atoms with Gasteiger partial charge < -0.3 is 4.90 Å². The molecule has 0 saturated heterocycles. The number of hydrazine groups is 1. The summed E-state index contributed by atoms with van der Waals surface area (Å²) < 4.78 is 26.0. The van der Waals surface area contributed by atoms with Crippen LogP contribution in [0, 0.1) is 6.92 Å². The van der Waals surface area contributed by atoms with Crippen molar-refractivity contribution >= 4 is 27.5 Å². The molecule has 0 spiro atoms. The van der Waals surface area contributed by atoms with E-state index in [2.05, 4.69) is 36.5 Å². The van der Waals surface area contributed by atoms with Crippen molar-refractivity contribution in [1.82, 2.24) is 15.2 Å². The largest absolute Gasteiger partial charge is 0.369 e. The number of rotatable bonds is 8. The maximum atomic E-state index is 12.6. The van der Waals surface area contributed by atoms with E-state index in [1.54, 1.807) is 24.3 Å². The summed E-state index contributed by atoms with van der Waals surface area (Å²) in [5.41, 5.74) is 6.88. The van der Waals surface area contributed by atoms with Gasteiger partial charge in [0.05, 0.1) is 11.4 Å². The van der Waals surface area contributed by atoms with Gasteiger partial charge in [-0.2, -0.15) is 4.31 Å². The highest BCUT2D eigenvalue weighted by molar-refractivity contribution is 7.89. The first kappa shape index (κ1) is 24.4. The Kier molecular flexibility index (Phi) is 8.18. The molecule has 2 N–H and O–H groups in total. The number of benzene rings is 2. The Labute approximate surface area is 184 Å². The first-order chi connectivity index (χ1) is 14.6. The van der Waals surface area contributed by atoms with Crippen LogP contribution in [0.25, 0.3) is 0 Å². The Morgan fingerprint density at radius 2 is 1.55 bits per heavy atom. The molecule has 2 rings (SSSR count). The van der Waals surface area contributed by atoms with E-state index in [-0.39, 0.29) is 4.90 Å². The Morgan fingerprint density at radius 3 is 2.06 bits per heavy atom. The predicted molar refractivity (Wildman–Crippen MR) is 121 cm³/mol. The summed E-state index contributed by atoms with van der Waals surface area (Å²) in [5, 5.41) is 0. The highest BCUT2D eigenvalue weighted by Gasteiger charge is 2.23. The molecule has 0 aliphatic heterocycles. The average Bonchev–Trinajstić information content (AvgIpc) is 2.73. The first-order valence-corrected chi connectivity index (χ1v) is 11.5. The summed E-state index contributed by atoms with van der Waals surface area (Å²) >= 11 is 0. The molecule has 0 aromatic heterocycles. The minimum Gasteiger partial charge on any atom is -0.369 e. The second kappa shape index (κ2) is 10.4. The van der Waals surface area contributed by atoms with E-state index in [9.17, 15) is 18.0 Å². The normalized spacial score (nSPS) is 11.5. The van der Waals surface area contributed by atoms with Crippen molar-refractivity contribution in [2.75, 3.05) is 25.0 Å². The van der Waals surface area contributed by atoms with E-state index in [4.69, 9.17) is 0 Å². The third-order valence-electron chi connectivity index (χ3n) is 4.84. The molecule has 0 aliphatic rings. The summed E-state index contributed by atoms with van der Waals surface area (Å²) in [6.45, 7) is 8.51. The van der Waals surface area contributed by atoms with Crippen LogP contribution in [-0.4, -0.2) is 50.7 Å². The molecule has 0 bridgehead atoms. The van der Waals surface area contributed by atoms with Crippen LogP contribution in [0.3, 0.4) is 0 Å². The maximum Gasteiger partial charge on any atom is 0.269 e. The number of sulfonamides is 1. The minimum absolute atomic E-state index is 0.0973. The van der Waals surface area contributed by atoms with Crippen molar-refractivity contribution in [2.24, 2.45) is 0 Å². The lowest BCUT2D eigenvalue weighted by molar-refractivity contribution is -0.121. The van der Waals surface area contributed by atoms with Gasteiger partial charge in [-0.3, -0.25) is 20.4 Å². The molecule has 31 heavy (non-hydrogen) atoms. The molecule has 2 amide bonds. The predicted octanol–water partition coefficient (Wildman–Crippen LogP) is 2.31. The molecule has 0 aliphatic carbocycles. The number of nitrogens with one attached hydrogen (secondary N) is 2. The molecular weight excluding hydrogens is 416 g/mol. The standard InChI is InChI=1S/C22H30N4O4S/c1-6-26(16(2)3)19-11-9-18(10-12-19)22(28)24-23-21(27)15-25(5)31(29,30)20-13-7-17(4)8-14-20/h7-14,16H,6,15H2,1-5H3,(H,23,27)(H,24,28). The molecule has 0 fully saturated rings. The zero-order chi connectivity index (χ0) is 23.2. The zero-order valence-corrected chi connectivity index (χ0v) is 19.4. The number of nitrogens with zero attached hydrogens (tertiary/aromatic N) is 2. The van der Waals surface area contributed by atoms with E-state index < -0.39 is 28.4 Å². The van der Waals surface area contributed by atoms with Crippen LogP contribution in [0.15, 0.2) is 53.4 Å². The van der Waals surface area contributed by atoms with E-state index in [1.165, 1.54) is 19.2 Å². The minimum atomic E-state index is -3.81. The summed E-state index contributed by atoms with van der Waals surface area (Å²) in [5.74, 6) is -1.14. The van der Waals surface area contributed by atoms with Gasteiger partial charge in [0.2, 0.25) is 10.0 Å². The molecule has 8 nitrogen and oxygen atoms in total. The number of carbonyl (C=O) groups excluding carboxylic acids is 2. The molecule has 2 aromatic carbocycles. The van der Waals surface area contributed by atoms with Gasteiger partial charge in [-0.25, -0.2) is 8.42 Å². The molecule has 0 heterocycles. The highest BCUT2D eigenvalue weighted by atomic mass is 32.2. The van der Waals surface area contributed by atoms with Gasteiger partial charge >= 0.3 is 0 Å². The lowest BCUT2D eigenvalue weighted by Crippen LogP contribution is -2.46. The Balaban J connectivity index is 1.93. The third kappa shape index (κ3) is 6.28. The highest BCUT2D eigenvalue weighted by Crippen LogP contribution is 2.18. The van der Waals surface area contributed by atoms with Crippen molar-refractivity contribution in [3.05, 3.63) is 59.7 Å². The van der Waals surface area contributed by atoms with Crippen LogP contribution >= 0.6 is 0 Å². The van der Waals surface area contributed by atoms with E-state index >= 15 is 0 Å². The van der Waals surface area contributed by atoms with E-state index in [1.807, 2.05) is 19.1 Å². The van der Waals surface area contributed by atoms with Crippen molar-refractivity contribution in [3.63, 3.8) is 0 Å². The topological polar surface area (TPSA) is 98.8 Å². The average molecular weight is 447 g/mol. The molecule has 168 valence electrons. The Hall–Kier alpha value is -2.91. The fraction of sp³-hybridized carbons (Fsp3) is 0.364. The number of hydrogen-bond acceptors (Lipinski definition) is 5. The van der Waals surface area contributed by atoms with Gasteiger partial charge in [-0.1, -0.05) is 17.7 Å². The van der Waals surface area contributed by atoms with Gasteiger partial charge in [0, 0.05) is 30.9 Å². The summed E-state index contributed by atoms with van der Waals surface area (Å²) in [7, 11) is -2.50. The van der Waals surface area contributed by atoms with Gasteiger partial charge in [-0.05, 0) is 64.1 Å². The molecule has 2 aromatic rings. The number of amides is 2. The van der Waals surface area contributed by atoms with E-state index in [0.29, 0.717) is 11.6 Å². The van der Waals surface area contributed by atoms with E-state index in [0.717, 1.165) is 22.1 Å². The monoisotopic (exact) mass is 446 g/mol. The fourth-order valence-corrected chi connectivity index (χ4v) is 4.19. The van der Waals surface area contributed by atoms with Crippen molar-refractivity contribution < 1.29 is 18.0 Å². The second-order valence-electron chi connectivity index (χ2n) is 7.50. The summed E-state index contributed by atoms with van der Waals surface area (Å²) in [6.07, 6.45) is 0. The van der Waals surface area contributed by atoms with Crippen LogP contribution in [0.1, 0.15) is 36.7 Å². The van der Waals surface area contributed by atoms with Gasteiger partial charge in [0.25, 0.3) is 11.8 Å². The quantitative estimate of drug-likeness (QED) is 0.607. The van der Waals surface area contributed by atoms with Crippen molar-refractivity contribution in [3.8, 4) is 0 Å². The number of aryl methyl sites for hydroxylation is 1. The number of hydrogen-bond donors (Lipinski definition) is 2. The van der Waals surface area contributed by atoms with Gasteiger partial charge in [0.15, 0.2) is 0 Å². The van der Waals surface area contributed by atoms with Crippen LogP contribution < -0.4 is 15.8 Å². The number of carbonyl (C=O) groups is 2. The molecule has 0 saturated carbocycles. The van der Waals surface area contributed by atoms with Crippen LogP contribution in [0.5, 0.6) is 0 Å². The van der Waals surface area contributed by atoms with Gasteiger partial charge in [-0.15, -0.1) is 0 Å². The molecule has 9 heteroatoms. The Morgan fingerprint density at radius 1 is 0.968 bits per heavy atom. The molecule has 0 unspecified atom stereocenters. The van der Waals surface area contributed by atoms with Crippen LogP contribution in [-0.2, 0) is 14.8 Å².